The molecule has 2 aromatic rings. The maximum atomic E-state index is 12.4. The minimum absolute atomic E-state index is 0.000416. The molecule has 9 nitrogen and oxygen atoms in total. The van der Waals surface area contributed by atoms with Crippen LogP contribution in [0.25, 0.3) is 0 Å². The molecule has 2 aromatic heterocycles. The van der Waals surface area contributed by atoms with Crippen molar-refractivity contribution in [2.45, 2.75) is 45.1 Å². The summed E-state index contributed by atoms with van der Waals surface area (Å²) in [5, 5.41) is 2.94. The van der Waals surface area contributed by atoms with Gasteiger partial charge in [-0.3, -0.25) is 14.6 Å². The fourth-order valence-corrected chi connectivity index (χ4v) is 3.10. The molecule has 9 heteroatoms. The van der Waals surface area contributed by atoms with Gasteiger partial charge in [0, 0.05) is 23.7 Å². The lowest BCUT2D eigenvalue weighted by Crippen LogP contribution is -2.44. The Bertz CT molecular complexity index is 872. The van der Waals surface area contributed by atoms with E-state index in [0.29, 0.717) is 24.5 Å². The van der Waals surface area contributed by atoms with E-state index in [1.807, 2.05) is 0 Å². The number of aromatic amines is 1. The largest absolute Gasteiger partial charge is 0.369 e. The number of carbonyl (C=O) groups is 1. The minimum Gasteiger partial charge on any atom is -0.369 e. The second-order valence-corrected chi connectivity index (χ2v) is 7.09. The Kier molecular flexibility index (Phi) is 4.88. The van der Waals surface area contributed by atoms with Crippen LogP contribution in [-0.2, 0) is 6.42 Å². The predicted octanol–water partition coefficient (Wildman–Crippen LogP) is 0.599. The summed E-state index contributed by atoms with van der Waals surface area (Å²) in [6.45, 7) is 4.14. The number of amides is 1. The maximum Gasteiger partial charge on any atom is 0.270 e. The van der Waals surface area contributed by atoms with Crippen LogP contribution in [0.5, 0.6) is 0 Å². The molecule has 0 unspecified atom stereocenters. The summed E-state index contributed by atoms with van der Waals surface area (Å²) in [6.07, 6.45) is 2.12. The summed E-state index contributed by atoms with van der Waals surface area (Å²) in [4.78, 5) is 38.7. The number of H-pyrrole nitrogens is 1. The molecule has 1 aliphatic carbocycles. The molecular weight excluding hydrogens is 334 g/mol. The molecular formula is C17H23N7O2. The summed E-state index contributed by atoms with van der Waals surface area (Å²) >= 11 is 0. The molecule has 6 N–H and O–H groups in total. The molecule has 0 aliphatic heterocycles. The lowest BCUT2D eigenvalue weighted by atomic mass is 9.78. The summed E-state index contributed by atoms with van der Waals surface area (Å²) < 4.78 is 0. The summed E-state index contributed by atoms with van der Waals surface area (Å²) in [7, 11) is 0. The van der Waals surface area contributed by atoms with Gasteiger partial charge in [-0.25, -0.2) is 15.0 Å². The van der Waals surface area contributed by atoms with E-state index in [4.69, 9.17) is 11.5 Å². The van der Waals surface area contributed by atoms with E-state index in [2.05, 4.69) is 39.1 Å². The second kappa shape index (κ2) is 7.11. The average Bonchev–Trinajstić information content (AvgIpc) is 2.47. The van der Waals surface area contributed by atoms with Gasteiger partial charge >= 0.3 is 0 Å². The first kappa shape index (κ1) is 17.8. The molecule has 138 valence electrons. The Labute approximate surface area is 150 Å². The van der Waals surface area contributed by atoms with E-state index in [9.17, 15) is 9.59 Å². The van der Waals surface area contributed by atoms with Crippen molar-refractivity contribution in [3.05, 3.63) is 39.6 Å². The fourth-order valence-electron chi connectivity index (χ4n) is 3.10. The van der Waals surface area contributed by atoms with Crippen LogP contribution in [0.2, 0.25) is 0 Å². The number of nitrogens with one attached hydrogen (secondary N) is 2. The third-order valence-electron chi connectivity index (χ3n) is 4.32. The van der Waals surface area contributed by atoms with Gasteiger partial charge in [0.05, 0.1) is 5.69 Å². The van der Waals surface area contributed by atoms with Gasteiger partial charge in [-0.05, 0) is 31.2 Å². The first-order valence-electron chi connectivity index (χ1n) is 8.61. The van der Waals surface area contributed by atoms with E-state index in [0.717, 1.165) is 12.1 Å². The van der Waals surface area contributed by atoms with Crippen molar-refractivity contribution in [2.24, 2.45) is 5.92 Å². The smallest absolute Gasteiger partial charge is 0.270 e. The highest BCUT2D eigenvalue weighted by molar-refractivity contribution is 5.92. The Morgan fingerprint density at radius 3 is 2.65 bits per heavy atom. The number of rotatable bonds is 5. The highest BCUT2D eigenvalue weighted by Gasteiger charge is 2.33. The zero-order valence-electron chi connectivity index (χ0n) is 14.8. The quantitative estimate of drug-likeness (QED) is 0.611. The molecule has 1 saturated carbocycles. The van der Waals surface area contributed by atoms with E-state index >= 15 is 0 Å². The molecule has 0 atom stereocenters. The van der Waals surface area contributed by atoms with Crippen LogP contribution in [-0.4, -0.2) is 31.9 Å². The molecule has 0 saturated heterocycles. The van der Waals surface area contributed by atoms with Gasteiger partial charge in [-0.1, -0.05) is 13.8 Å². The lowest BCUT2D eigenvalue weighted by Gasteiger charge is -2.35. The van der Waals surface area contributed by atoms with Crippen molar-refractivity contribution in [1.29, 1.82) is 0 Å². The summed E-state index contributed by atoms with van der Waals surface area (Å²) in [5.74, 6) is 0.446. The van der Waals surface area contributed by atoms with Gasteiger partial charge in [0.25, 0.3) is 11.5 Å². The van der Waals surface area contributed by atoms with Crippen LogP contribution in [0, 0.1) is 5.92 Å². The molecule has 1 aliphatic rings. The van der Waals surface area contributed by atoms with Crippen LogP contribution in [0.1, 0.15) is 54.5 Å². The second-order valence-electron chi connectivity index (χ2n) is 7.09. The van der Waals surface area contributed by atoms with Crippen LogP contribution in [0.4, 0.5) is 11.9 Å². The van der Waals surface area contributed by atoms with E-state index in [1.165, 1.54) is 6.07 Å². The van der Waals surface area contributed by atoms with Crippen molar-refractivity contribution < 1.29 is 4.79 Å². The number of aromatic nitrogens is 4. The van der Waals surface area contributed by atoms with Crippen molar-refractivity contribution in [3.63, 3.8) is 0 Å². The van der Waals surface area contributed by atoms with Gasteiger partial charge in [-0.15, -0.1) is 0 Å². The molecule has 2 heterocycles. The molecule has 0 aromatic carbocycles. The number of nitrogens with zero attached hydrogens (tertiary/aromatic N) is 3. The minimum atomic E-state index is -0.272. The van der Waals surface area contributed by atoms with Crippen molar-refractivity contribution in [2.75, 3.05) is 11.5 Å². The SMILES string of the molecule is CC(C)Cc1cc(C(=O)NC2CC(c3cc(=O)[nH]c(N)n3)C2)nc(N)n1. The number of anilines is 2. The number of hydrogen-bond donors (Lipinski definition) is 4. The van der Waals surface area contributed by atoms with Gasteiger partial charge in [0.1, 0.15) is 5.69 Å². The maximum absolute atomic E-state index is 12.4. The normalized spacial score (nSPS) is 19.2. The number of nitrogen functional groups attached to an aromatic ring is 2. The highest BCUT2D eigenvalue weighted by Crippen LogP contribution is 2.35. The highest BCUT2D eigenvalue weighted by atomic mass is 16.2. The molecule has 0 radical (unpaired) electrons. The zero-order chi connectivity index (χ0) is 18.8. The molecule has 1 amide bonds. The summed E-state index contributed by atoms with van der Waals surface area (Å²) in [6, 6.07) is 3.13. The van der Waals surface area contributed by atoms with Crippen molar-refractivity contribution in [1.82, 2.24) is 25.3 Å². The summed E-state index contributed by atoms with van der Waals surface area (Å²) in [5.41, 5.74) is 12.7. The number of nitrogens with two attached hydrogens (primary N) is 2. The number of carbonyl (C=O) groups excluding carboxylic acids is 1. The van der Waals surface area contributed by atoms with Crippen molar-refractivity contribution in [3.8, 4) is 0 Å². The third kappa shape index (κ3) is 4.16. The van der Waals surface area contributed by atoms with Gasteiger partial charge in [0.15, 0.2) is 0 Å². The van der Waals surface area contributed by atoms with Crippen LogP contribution in [0.15, 0.2) is 16.9 Å². The third-order valence-corrected chi connectivity index (χ3v) is 4.32. The first-order valence-corrected chi connectivity index (χ1v) is 8.61. The van der Waals surface area contributed by atoms with Gasteiger partial charge in [0.2, 0.25) is 11.9 Å². The first-order chi connectivity index (χ1) is 12.3. The molecule has 3 rings (SSSR count). The zero-order valence-corrected chi connectivity index (χ0v) is 14.8. The Balaban J connectivity index is 1.61. The average molecular weight is 357 g/mol. The van der Waals surface area contributed by atoms with Gasteiger partial charge < -0.3 is 16.8 Å². The molecule has 26 heavy (non-hydrogen) atoms. The van der Waals surface area contributed by atoms with Crippen LogP contribution < -0.4 is 22.3 Å². The topological polar surface area (TPSA) is 153 Å². The standard InChI is InChI=1S/C17H23N7O2/c1-8(2)3-10-6-13(23-16(18)21-10)15(26)20-11-4-9(5-11)12-7-14(25)24-17(19)22-12/h6-9,11H,3-5H2,1-2H3,(H,20,26)(H2,18,21,23)(H3,19,22,24,25). The van der Waals surface area contributed by atoms with Crippen LogP contribution in [0.3, 0.4) is 0 Å². The number of hydrogen-bond acceptors (Lipinski definition) is 7. The van der Waals surface area contributed by atoms with E-state index < -0.39 is 0 Å². The predicted molar refractivity (Wildman–Crippen MR) is 97.5 cm³/mol. The van der Waals surface area contributed by atoms with Gasteiger partial charge in [-0.2, -0.15) is 0 Å². The fraction of sp³-hybridized carbons (Fsp3) is 0.471. The molecule has 0 spiro atoms. The van der Waals surface area contributed by atoms with E-state index in [1.54, 1.807) is 6.07 Å². The lowest BCUT2D eigenvalue weighted by molar-refractivity contribution is 0.0903. The van der Waals surface area contributed by atoms with Crippen molar-refractivity contribution >= 4 is 17.8 Å². The Hall–Kier alpha value is -2.97. The molecule has 1 fully saturated rings. The van der Waals surface area contributed by atoms with Crippen LogP contribution >= 0.6 is 0 Å². The monoisotopic (exact) mass is 357 g/mol. The van der Waals surface area contributed by atoms with E-state index in [-0.39, 0.29) is 41.0 Å². The Morgan fingerprint density at radius 2 is 2.00 bits per heavy atom. The molecule has 0 bridgehead atoms. The Morgan fingerprint density at radius 1 is 1.27 bits per heavy atom.